The summed E-state index contributed by atoms with van der Waals surface area (Å²) in [4.78, 5) is 34.5. The van der Waals surface area contributed by atoms with Gasteiger partial charge in [0.2, 0.25) is 5.95 Å². The van der Waals surface area contributed by atoms with Gasteiger partial charge in [-0.25, -0.2) is 19.6 Å². The minimum atomic E-state index is -4.92. The number of esters is 1. The molecule has 1 aliphatic rings. The summed E-state index contributed by atoms with van der Waals surface area (Å²) >= 11 is 0. The van der Waals surface area contributed by atoms with Gasteiger partial charge in [-0.05, 0) is 30.7 Å². The molecule has 3 rings (SSSR count). The third kappa shape index (κ3) is 6.86. The Morgan fingerprint density at radius 2 is 1.69 bits per heavy atom. The second-order valence-electron chi connectivity index (χ2n) is 7.25. The first-order valence-corrected chi connectivity index (χ1v) is 10.1. The van der Waals surface area contributed by atoms with Crippen molar-refractivity contribution in [3.05, 3.63) is 41.7 Å². The molecule has 0 radical (unpaired) electrons. The molecule has 0 aliphatic carbocycles. The van der Waals surface area contributed by atoms with Crippen molar-refractivity contribution in [3.8, 4) is 5.75 Å². The number of aromatic nitrogens is 2. The number of ether oxygens (including phenoxy) is 2. The van der Waals surface area contributed by atoms with E-state index in [0.717, 1.165) is 25.4 Å². The smallest absolute Gasteiger partial charge is 0.465 e. The number of rotatable bonds is 4. The van der Waals surface area contributed by atoms with Gasteiger partial charge in [0.1, 0.15) is 11.3 Å². The molecule has 1 aromatic carbocycles. The molecule has 0 bridgehead atoms. The summed E-state index contributed by atoms with van der Waals surface area (Å²) in [6.45, 7) is 0.692. The summed E-state index contributed by atoms with van der Waals surface area (Å²) < 4.78 is 85.1. The molecular formula is C20H19F6N5O4. The summed E-state index contributed by atoms with van der Waals surface area (Å²) in [5.74, 6) is -1.93. The van der Waals surface area contributed by atoms with Crippen molar-refractivity contribution in [1.29, 1.82) is 0 Å². The number of methoxy groups -OCH3 is 1. The number of carbonyl (C=O) groups is 2. The molecule has 2 aromatic rings. The Hall–Kier alpha value is -3.78. The van der Waals surface area contributed by atoms with Crippen LogP contribution in [0.15, 0.2) is 30.5 Å². The van der Waals surface area contributed by atoms with Crippen molar-refractivity contribution in [1.82, 2.24) is 14.9 Å². The molecule has 2 amide bonds. The van der Waals surface area contributed by atoms with Crippen molar-refractivity contribution < 1.29 is 45.4 Å². The first kappa shape index (κ1) is 25.8. The van der Waals surface area contributed by atoms with E-state index in [1.807, 2.05) is 0 Å². The number of benzene rings is 1. The van der Waals surface area contributed by atoms with E-state index in [-0.39, 0.29) is 37.8 Å². The number of amides is 2. The van der Waals surface area contributed by atoms with Crippen molar-refractivity contribution in [3.63, 3.8) is 0 Å². The quantitative estimate of drug-likeness (QED) is 0.495. The first-order chi connectivity index (χ1) is 16.4. The zero-order valence-corrected chi connectivity index (χ0v) is 18.1. The molecule has 9 nitrogen and oxygen atoms in total. The normalized spacial score (nSPS) is 14.8. The summed E-state index contributed by atoms with van der Waals surface area (Å²) in [6.07, 6.45) is -8.64. The lowest BCUT2D eigenvalue weighted by Gasteiger charge is -2.23. The minimum Gasteiger partial charge on any atom is -0.465 e. The number of alkyl halides is 6. The first-order valence-electron chi connectivity index (χ1n) is 10.1. The van der Waals surface area contributed by atoms with Crippen molar-refractivity contribution in [2.75, 3.05) is 43.5 Å². The number of hydrogen-bond acceptors (Lipinski definition) is 7. The lowest BCUT2D eigenvalue weighted by molar-refractivity contribution is -0.274. The predicted molar refractivity (Wildman–Crippen MR) is 109 cm³/mol. The molecule has 1 fully saturated rings. The Balaban J connectivity index is 1.66. The number of urea groups is 1. The third-order valence-corrected chi connectivity index (χ3v) is 4.85. The molecule has 1 N–H and O–H groups in total. The molecular weight excluding hydrogens is 488 g/mol. The Labute approximate surface area is 194 Å². The average molecular weight is 507 g/mol. The van der Waals surface area contributed by atoms with Gasteiger partial charge in [-0.3, -0.25) is 0 Å². The molecule has 0 saturated carbocycles. The van der Waals surface area contributed by atoms with Gasteiger partial charge in [0, 0.05) is 38.1 Å². The maximum Gasteiger partial charge on any atom is 0.573 e. The van der Waals surface area contributed by atoms with E-state index >= 15 is 0 Å². The van der Waals surface area contributed by atoms with Crippen molar-refractivity contribution in [2.45, 2.75) is 19.0 Å². The fourth-order valence-corrected chi connectivity index (χ4v) is 3.26. The number of nitrogens with one attached hydrogen (secondary N) is 1. The standard InChI is InChI=1S/C20H19F6N5O4/c1-34-16(32)14-11-27-17(29-15(14)19(21,22)23)30-7-2-8-31(10-9-30)18(33)28-12-3-5-13(6-4-12)35-20(24,25)26/h3-6,11H,2,7-10H2,1H3,(H,28,33). The molecule has 1 aliphatic heterocycles. The van der Waals surface area contributed by atoms with Crippen LogP contribution in [0.3, 0.4) is 0 Å². The van der Waals surface area contributed by atoms with Crippen LogP contribution in [-0.4, -0.2) is 66.5 Å². The van der Waals surface area contributed by atoms with E-state index < -0.39 is 41.5 Å². The molecule has 1 saturated heterocycles. The Kier molecular flexibility index (Phi) is 7.55. The van der Waals surface area contributed by atoms with Gasteiger partial charge in [0.25, 0.3) is 0 Å². The zero-order chi connectivity index (χ0) is 25.8. The van der Waals surface area contributed by atoms with E-state index in [0.29, 0.717) is 6.42 Å². The van der Waals surface area contributed by atoms with Crippen LogP contribution in [-0.2, 0) is 10.9 Å². The molecule has 35 heavy (non-hydrogen) atoms. The second kappa shape index (κ2) is 10.2. The van der Waals surface area contributed by atoms with Crippen LogP contribution in [0.4, 0.5) is 42.8 Å². The highest BCUT2D eigenvalue weighted by Gasteiger charge is 2.39. The summed E-state index contributed by atoms with van der Waals surface area (Å²) in [7, 11) is 0.940. The third-order valence-electron chi connectivity index (χ3n) is 4.85. The molecule has 0 atom stereocenters. The van der Waals surface area contributed by atoms with Crippen LogP contribution in [0.2, 0.25) is 0 Å². The van der Waals surface area contributed by atoms with E-state index in [9.17, 15) is 35.9 Å². The minimum absolute atomic E-state index is 0.0979. The molecule has 1 aromatic heterocycles. The highest BCUT2D eigenvalue weighted by atomic mass is 19.4. The lowest BCUT2D eigenvalue weighted by Crippen LogP contribution is -2.38. The van der Waals surface area contributed by atoms with E-state index in [1.54, 1.807) is 0 Å². The van der Waals surface area contributed by atoms with Crippen molar-refractivity contribution >= 4 is 23.6 Å². The Bertz CT molecular complexity index is 1060. The topological polar surface area (TPSA) is 96.9 Å². The van der Waals surface area contributed by atoms with E-state index in [4.69, 9.17) is 0 Å². The van der Waals surface area contributed by atoms with Crippen LogP contribution in [0.1, 0.15) is 22.5 Å². The Morgan fingerprint density at radius 1 is 1.00 bits per heavy atom. The fourth-order valence-electron chi connectivity index (χ4n) is 3.26. The van der Waals surface area contributed by atoms with Gasteiger partial charge in [-0.1, -0.05) is 0 Å². The van der Waals surface area contributed by atoms with Gasteiger partial charge in [-0.15, -0.1) is 13.2 Å². The van der Waals surface area contributed by atoms with E-state index in [2.05, 4.69) is 24.8 Å². The molecule has 15 heteroatoms. The molecule has 0 unspecified atom stereocenters. The van der Waals surface area contributed by atoms with Gasteiger partial charge in [0.05, 0.1) is 7.11 Å². The molecule has 0 spiro atoms. The highest BCUT2D eigenvalue weighted by molar-refractivity contribution is 5.90. The number of nitrogens with zero attached hydrogens (tertiary/aromatic N) is 4. The van der Waals surface area contributed by atoms with Gasteiger partial charge in [-0.2, -0.15) is 13.2 Å². The molecule has 190 valence electrons. The maximum atomic E-state index is 13.4. The zero-order valence-electron chi connectivity index (χ0n) is 18.1. The number of carbonyl (C=O) groups excluding carboxylic acids is 2. The summed E-state index contributed by atoms with van der Waals surface area (Å²) in [5, 5.41) is 2.54. The van der Waals surface area contributed by atoms with Gasteiger partial charge >= 0.3 is 24.5 Å². The average Bonchev–Trinajstić information content (AvgIpc) is 3.04. The van der Waals surface area contributed by atoms with E-state index in [1.165, 1.54) is 21.9 Å². The summed E-state index contributed by atoms with van der Waals surface area (Å²) in [5.41, 5.74) is -2.01. The second-order valence-corrected chi connectivity index (χ2v) is 7.25. The highest BCUT2D eigenvalue weighted by Crippen LogP contribution is 2.32. The van der Waals surface area contributed by atoms with Crippen LogP contribution in [0, 0.1) is 0 Å². The monoisotopic (exact) mass is 507 g/mol. The predicted octanol–water partition coefficient (Wildman–Crippen LogP) is 3.92. The van der Waals surface area contributed by atoms with Crippen LogP contribution >= 0.6 is 0 Å². The summed E-state index contributed by atoms with van der Waals surface area (Å²) in [6, 6.07) is 4.01. The van der Waals surface area contributed by atoms with Crippen LogP contribution in [0.25, 0.3) is 0 Å². The van der Waals surface area contributed by atoms with Gasteiger partial charge < -0.3 is 24.6 Å². The SMILES string of the molecule is COC(=O)c1cnc(N2CCCN(C(=O)Nc3ccc(OC(F)(F)F)cc3)CC2)nc1C(F)(F)F. The maximum absolute atomic E-state index is 13.4. The number of anilines is 2. The van der Waals surface area contributed by atoms with Crippen LogP contribution < -0.4 is 15.0 Å². The molecule has 2 heterocycles. The number of halogens is 6. The largest absolute Gasteiger partial charge is 0.573 e. The lowest BCUT2D eigenvalue weighted by atomic mass is 10.2. The fraction of sp³-hybridized carbons (Fsp3) is 0.400. The van der Waals surface area contributed by atoms with Crippen LogP contribution in [0.5, 0.6) is 5.75 Å². The van der Waals surface area contributed by atoms with Crippen molar-refractivity contribution in [2.24, 2.45) is 0 Å². The Morgan fingerprint density at radius 3 is 2.29 bits per heavy atom. The van der Waals surface area contributed by atoms with Gasteiger partial charge in [0.15, 0.2) is 5.69 Å². The number of hydrogen-bond donors (Lipinski definition) is 1.